The highest BCUT2D eigenvalue weighted by atomic mass is 16.2. The first-order valence-electron chi connectivity index (χ1n) is 8.48. The van der Waals surface area contributed by atoms with Crippen LogP contribution in [0.1, 0.15) is 22.7 Å². The average molecular weight is 337 g/mol. The second-order valence-electron chi connectivity index (χ2n) is 6.44. The minimum atomic E-state index is -0.493. The fourth-order valence-corrected chi connectivity index (χ4v) is 3.11. The summed E-state index contributed by atoms with van der Waals surface area (Å²) in [4.78, 5) is 26.8. The molecule has 0 radical (unpaired) electrons. The van der Waals surface area contributed by atoms with Gasteiger partial charge in [-0.25, -0.2) is 0 Å². The summed E-state index contributed by atoms with van der Waals surface area (Å²) in [7, 11) is 0. The van der Waals surface area contributed by atoms with Crippen LogP contribution in [0.2, 0.25) is 0 Å². The van der Waals surface area contributed by atoms with Gasteiger partial charge in [-0.05, 0) is 36.6 Å². The number of hydrogen-bond acceptors (Lipinski definition) is 3. The molecule has 130 valence electrons. The van der Waals surface area contributed by atoms with E-state index in [1.807, 2.05) is 67.3 Å². The number of carbonyl (C=O) groups is 2. The van der Waals surface area contributed by atoms with E-state index in [-0.39, 0.29) is 18.4 Å². The fourth-order valence-electron chi connectivity index (χ4n) is 3.11. The van der Waals surface area contributed by atoms with Crippen molar-refractivity contribution in [3.63, 3.8) is 0 Å². The smallest absolute Gasteiger partial charge is 0.246 e. The van der Waals surface area contributed by atoms with Gasteiger partial charge in [0.15, 0.2) is 0 Å². The number of aryl methyl sites for hydroxylation is 2. The number of amides is 2. The summed E-state index contributed by atoms with van der Waals surface area (Å²) in [6, 6.07) is 15.1. The zero-order valence-corrected chi connectivity index (χ0v) is 14.6. The predicted octanol–water partition coefficient (Wildman–Crippen LogP) is 2.42. The first-order valence-corrected chi connectivity index (χ1v) is 8.48. The zero-order valence-electron chi connectivity index (χ0n) is 14.6. The van der Waals surface area contributed by atoms with Crippen LogP contribution in [0, 0.1) is 13.8 Å². The van der Waals surface area contributed by atoms with Crippen LogP contribution in [0.3, 0.4) is 0 Å². The van der Waals surface area contributed by atoms with E-state index < -0.39 is 6.04 Å². The van der Waals surface area contributed by atoms with Crippen molar-refractivity contribution >= 4 is 17.5 Å². The Morgan fingerprint density at radius 2 is 1.92 bits per heavy atom. The Labute approximate surface area is 148 Å². The molecule has 1 heterocycles. The Bertz CT molecular complexity index is 774. The molecule has 1 atom stereocenters. The number of anilines is 1. The third-order valence-electron chi connectivity index (χ3n) is 4.45. The first kappa shape index (κ1) is 17.2. The Balaban J connectivity index is 1.89. The molecular weight excluding hydrogens is 314 g/mol. The summed E-state index contributed by atoms with van der Waals surface area (Å²) in [5.74, 6) is -0.165. The molecule has 25 heavy (non-hydrogen) atoms. The Kier molecular flexibility index (Phi) is 5.14. The van der Waals surface area contributed by atoms with Gasteiger partial charge < -0.3 is 10.6 Å². The molecule has 1 saturated heterocycles. The van der Waals surface area contributed by atoms with E-state index in [1.165, 1.54) is 0 Å². The van der Waals surface area contributed by atoms with E-state index >= 15 is 0 Å². The van der Waals surface area contributed by atoms with Gasteiger partial charge in [0.1, 0.15) is 6.04 Å². The Hall–Kier alpha value is -2.66. The number of piperazine rings is 1. The molecule has 0 unspecified atom stereocenters. The summed E-state index contributed by atoms with van der Waals surface area (Å²) in [5, 5.41) is 5.86. The van der Waals surface area contributed by atoms with Crippen LogP contribution < -0.4 is 10.6 Å². The van der Waals surface area contributed by atoms with Crippen molar-refractivity contribution in [3.05, 3.63) is 65.2 Å². The molecule has 0 aromatic heterocycles. The quantitative estimate of drug-likeness (QED) is 0.901. The van der Waals surface area contributed by atoms with Gasteiger partial charge in [-0.2, -0.15) is 0 Å². The van der Waals surface area contributed by atoms with Gasteiger partial charge in [-0.15, -0.1) is 0 Å². The van der Waals surface area contributed by atoms with E-state index in [0.717, 1.165) is 22.4 Å². The first-order chi connectivity index (χ1) is 12.0. The van der Waals surface area contributed by atoms with Crippen molar-refractivity contribution in [2.45, 2.75) is 19.9 Å². The van der Waals surface area contributed by atoms with Crippen LogP contribution in [0.25, 0.3) is 0 Å². The Morgan fingerprint density at radius 1 is 1.16 bits per heavy atom. The lowest BCUT2D eigenvalue weighted by atomic mass is 10.0. The fraction of sp³-hybridized carbons (Fsp3) is 0.300. The highest BCUT2D eigenvalue weighted by Crippen LogP contribution is 2.25. The number of nitrogens with zero attached hydrogens (tertiary/aromatic N) is 1. The van der Waals surface area contributed by atoms with Crippen LogP contribution >= 0.6 is 0 Å². The van der Waals surface area contributed by atoms with Gasteiger partial charge in [0, 0.05) is 18.8 Å². The number of hydrogen-bond donors (Lipinski definition) is 2. The highest BCUT2D eigenvalue weighted by molar-refractivity contribution is 5.96. The Morgan fingerprint density at radius 3 is 2.64 bits per heavy atom. The van der Waals surface area contributed by atoms with E-state index in [1.54, 1.807) is 0 Å². The molecule has 2 aromatic rings. The number of nitrogens with one attached hydrogen (secondary N) is 2. The van der Waals surface area contributed by atoms with Crippen LogP contribution in [0.15, 0.2) is 48.5 Å². The van der Waals surface area contributed by atoms with E-state index in [4.69, 9.17) is 0 Å². The lowest BCUT2D eigenvalue weighted by Crippen LogP contribution is -2.51. The molecule has 5 nitrogen and oxygen atoms in total. The number of rotatable bonds is 4. The van der Waals surface area contributed by atoms with E-state index in [2.05, 4.69) is 10.6 Å². The zero-order chi connectivity index (χ0) is 17.8. The van der Waals surface area contributed by atoms with Crippen molar-refractivity contribution < 1.29 is 9.59 Å². The van der Waals surface area contributed by atoms with E-state index in [0.29, 0.717) is 13.1 Å². The van der Waals surface area contributed by atoms with Gasteiger partial charge in [-0.3, -0.25) is 14.5 Å². The second kappa shape index (κ2) is 7.49. The average Bonchev–Trinajstić information content (AvgIpc) is 2.59. The molecule has 1 aliphatic rings. The van der Waals surface area contributed by atoms with Crippen molar-refractivity contribution in [3.8, 4) is 0 Å². The maximum Gasteiger partial charge on any atom is 0.246 e. The summed E-state index contributed by atoms with van der Waals surface area (Å²) in [6.45, 7) is 5.39. The normalized spacial score (nSPS) is 16.2. The lowest BCUT2D eigenvalue weighted by Gasteiger charge is -2.33. The minimum absolute atomic E-state index is 0.0493. The van der Waals surface area contributed by atoms with Crippen molar-refractivity contribution in [1.29, 1.82) is 0 Å². The molecule has 2 N–H and O–H groups in total. The third-order valence-corrected chi connectivity index (χ3v) is 4.45. The molecule has 0 spiro atoms. The number of benzene rings is 2. The van der Waals surface area contributed by atoms with Crippen LogP contribution in [-0.2, 0) is 9.59 Å². The largest absolute Gasteiger partial charge is 0.354 e. The van der Waals surface area contributed by atoms with Crippen LogP contribution in [0.4, 0.5) is 5.69 Å². The molecule has 3 rings (SSSR count). The highest BCUT2D eigenvalue weighted by Gasteiger charge is 2.31. The SMILES string of the molecule is Cc1ccc(C)c(NC(=O)[C@H](c2ccccc2)N2CCNC(=O)C2)c1. The molecule has 0 saturated carbocycles. The predicted molar refractivity (Wildman–Crippen MR) is 98.3 cm³/mol. The summed E-state index contributed by atoms with van der Waals surface area (Å²) in [5.41, 5.74) is 3.81. The van der Waals surface area contributed by atoms with Gasteiger partial charge >= 0.3 is 0 Å². The lowest BCUT2D eigenvalue weighted by molar-refractivity contribution is -0.128. The molecule has 1 aliphatic heterocycles. The standard InChI is InChI=1S/C20H23N3O2/c1-14-8-9-15(2)17(12-14)22-20(25)19(16-6-4-3-5-7-16)23-11-10-21-18(24)13-23/h3-9,12,19H,10-11,13H2,1-2H3,(H,21,24)(H,22,25)/t19-/m0/s1. The van der Waals surface area contributed by atoms with Gasteiger partial charge in [-0.1, -0.05) is 42.5 Å². The molecule has 0 bridgehead atoms. The number of carbonyl (C=O) groups excluding carboxylic acids is 2. The van der Waals surface area contributed by atoms with Crippen molar-refractivity contribution in [1.82, 2.24) is 10.2 Å². The molecule has 2 amide bonds. The van der Waals surface area contributed by atoms with Crippen LogP contribution in [0.5, 0.6) is 0 Å². The van der Waals surface area contributed by atoms with Gasteiger partial charge in [0.05, 0.1) is 6.54 Å². The maximum atomic E-state index is 13.1. The van der Waals surface area contributed by atoms with Gasteiger partial charge in [0.25, 0.3) is 0 Å². The van der Waals surface area contributed by atoms with Crippen molar-refractivity contribution in [2.24, 2.45) is 0 Å². The molecule has 1 fully saturated rings. The third kappa shape index (κ3) is 4.06. The van der Waals surface area contributed by atoms with Gasteiger partial charge in [0.2, 0.25) is 11.8 Å². The molecule has 5 heteroatoms. The molecule has 0 aliphatic carbocycles. The second-order valence-corrected chi connectivity index (χ2v) is 6.44. The monoisotopic (exact) mass is 337 g/mol. The molecule has 2 aromatic carbocycles. The molecular formula is C20H23N3O2. The summed E-state index contributed by atoms with van der Waals surface area (Å²) < 4.78 is 0. The summed E-state index contributed by atoms with van der Waals surface area (Å²) in [6.07, 6.45) is 0. The van der Waals surface area contributed by atoms with Crippen LogP contribution in [-0.4, -0.2) is 36.3 Å². The van der Waals surface area contributed by atoms with E-state index in [9.17, 15) is 9.59 Å². The minimum Gasteiger partial charge on any atom is -0.354 e. The van der Waals surface area contributed by atoms with Crippen molar-refractivity contribution in [2.75, 3.05) is 25.0 Å². The maximum absolute atomic E-state index is 13.1. The topological polar surface area (TPSA) is 61.4 Å². The summed E-state index contributed by atoms with van der Waals surface area (Å²) >= 11 is 0.